The van der Waals surface area contributed by atoms with E-state index in [0.29, 0.717) is 0 Å². The van der Waals surface area contributed by atoms with Crippen LogP contribution in [-0.2, 0) is 13.0 Å². The van der Waals surface area contributed by atoms with Gasteiger partial charge in [-0.3, -0.25) is 4.99 Å². The van der Waals surface area contributed by atoms with Gasteiger partial charge in [0.05, 0.1) is 10.7 Å². The fourth-order valence-corrected chi connectivity index (χ4v) is 3.43. The van der Waals surface area contributed by atoms with Crippen molar-refractivity contribution >= 4 is 17.3 Å². The molecular formula is C19H28FN5S. The van der Waals surface area contributed by atoms with Gasteiger partial charge in [0.2, 0.25) is 0 Å². The van der Waals surface area contributed by atoms with Crippen molar-refractivity contribution in [2.75, 3.05) is 33.7 Å². The summed E-state index contributed by atoms with van der Waals surface area (Å²) in [6.45, 7) is 7.39. The van der Waals surface area contributed by atoms with Crippen molar-refractivity contribution < 1.29 is 4.39 Å². The third kappa shape index (κ3) is 6.72. The van der Waals surface area contributed by atoms with Crippen molar-refractivity contribution in [2.24, 2.45) is 4.99 Å². The summed E-state index contributed by atoms with van der Waals surface area (Å²) in [6.07, 6.45) is 0.893. The molecule has 2 rings (SSSR count). The van der Waals surface area contributed by atoms with Gasteiger partial charge in [-0.25, -0.2) is 9.37 Å². The molecule has 0 aliphatic heterocycles. The van der Waals surface area contributed by atoms with Gasteiger partial charge in [-0.1, -0.05) is 12.1 Å². The minimum absolute atomic E-state index is 0.198. The minimum atomic E-state index is -0.198. The number of hydrogen-bond acceptors (Lipinski definition) is 4. The lowest BCUT2D eigenvalue weighted by atomic mass is 10.2. The number of nitrogens with zero attached hydrogens (tertiary/aromatic N) is 3. The molecule has 0 unspecified atom stereocenters. The van der Waals surface area contributed by atoms with Crippen LogP contribution in [0.1, 0.15) is 21.1 Å². The molecule has 5 nitrogen and oxygen atoms in total. The van der Waals surface area contributed by atoms with Crippen LogP contribution < -0.4 is 10.6 Å². The lowest BCUT2D eigenvalue weighted by Crippen LogP contribution is -2.41. The summed E-state index contributed by atoms with van der Waals surface area (Å²) < 4.78 is 12.9. The number of hydrogen-bond donors (Lipinski definition) is 2. The van der Waals surface area contributed by atoms with E-state index in [2.05, 4.69) is 32.4 Å². The molecule has 0 fully saturated rings. The average molecular weight is 378 g/mol. The fraction of sp³-hybridized carbons (Fsp3) is 0.474. The van der Waals surface area contributed by atoms with Crippen molar-refractivity contribution in [3.05, 3.63) is 51.2 Å². The monoisotopic (exact) mass is 377 g/mol. The van der Waals surface area contributed by atoms with E-state index >= 15 is 0 Å². The Labute approximate surface area is 159 Å². The molecule has 0 atom stereocenters. The van der Waals surface area contributed by atoms with Gasteiger partial charge in [-0.05, 0) is 38.6 Å². The molecule has 0 aliphatic rings. The maximum atomic E-state index is 12.9. The van der Waals surface area contributed by atoms with Crippen molar-refractivity contribution in [2.45, 2.75) is 26.8 Å². The normalized spacial score (nSPS) is 11.8. The van der Waals surface area contributed by atoms with Crippen LogP contribution in [0.4, 0.5) is 4.39 Å². The number of aromatic nitrogens is 1. The van der Waals surface area contributed by atoms with Crippen molar-refractivity contribution in [1.82, 2.24) is 20.5 Å². The topological polar surface area (TPSA) is 52.6 Å². The zero-order valence-electron chi connectivity index (χ0n) is 16.0. The molecule has 7 heteroatoms. The first kappa shape index (κ1) is 20.3. The number of rotatable bonds is 8. The Morgan fingerprint density at radius 3 is 2.50 bits per heavy atom. The Hall–Kier alpha value is -1.99. The van der Waals surface area contributed by atoms with E-state index in [1.54, 1.807) is 18.4 Å². The molecule has 1 aromatic carbocycles. The van der Waals surface area contributed by atoms with Crippen LogP contribution in [0.5, 0.6) is 0 Å². The van der Waals surface area contributed by atoms with E-state index in [-0.39, 0.29) is 5.82 Å². The third-order valence-electron chi connectivity index (χ3n) is 4.08. The zero-order chi connectivity index (χ0) is 18.9. The van der Waals surface area contributed by atoms with E-state index < -0.39 is 0 Å². The van der Waals surface area contributed by atoms with Gasteiger partial charge in [0.1, 0.15) is 5.82 Å². The number of likely N-dealkylation sites (N-methyl/N-ethyl adjacent to an activating group) is 1. The van der Waals surface area contributed by atoms with Crippen LogP contribution in [0.15, 0.2) is 29.3 Å². The molecule has 2 aromatic rings. The van der Waals surface area contributed by atoms with E-state index in [1.165, 1.54) is 17.0 Å². The Balaban J connectivity index is 1.65. The summed E-state index contributed by atoms with van der Waals surface area (Å²) in [5, 5.41) is 7.79. The van der Waals surface area contributed by atoms with Crippen LogP contribution in [-0.4, -0.2) is 49.6 Å². The minimum Gasteiger partial charge on any atom is -0.356 e. The molecule has 1 heterocycles. The standard InChI is InChI=1S/C19H28FN5S/c1-14-15(2)26-18(24-14)9-10-22-19(21-3)23-11-12-25(4)13-16-5-7-17(20)8-6-16/h5-8H,9-13H2,1-4H3,(H2,21,22,23). The molecule has 26 heavy (non-hydrogen) atoms. The highest BCUT2D eigenvalue weighted by molar-refractivity contribution is 7.11. The van der Waals surface area contributed by atoms with Crippen molar-refractivity contribution in [3.63, 3.8) is 0 Å². The zero-order valence-corrected chi connectivity index (χ0v) is 16.8. The summed E-state index contributed by atoms with van der Waals surface area (Å²) in [5.74, 6) is 0.598. The van der Waals surface area contributed by atoms with Crippen molar-refractivity contribution in [3.8, 4) is 0 Å². The second kappa shape index (κ2) is 10.2. The molecule has 0 bridgehead atoms. The Morgan fingerprint density at radius 2 is 1.88 bits per heavy atom. The highest BCUT2D eigenvalue weighted by Crippen LogP contribution is 2.16. The van der Waals surface area contributed by atoms with Gasteiger partial charge in [0.25, 0.3) is 0 Å². The summed E-state index contributed by atoms with van der Waals surface area (Å²) in [7, 11) is 3.82. The average Bonchev–Trinajstić information content (AvgIpc) is 2.93. The third-order valence-corrected chi connectivity index (χ3v) is 5.21. The van der Waals surface area contributed by atoms with Gasteiger partial charge in [-0.2, -0.15) is 0 Å². The van der Waals surface area contributed by atoms with E-state index in [4.69, 9.17) is 0 Å². The largest absolute Gasteiger partial charge is 0.356 e. The van der Waals surface area contributed by atoms with E-state index in [0.717, 1.165) is 54.8 Å². The number of halogens is 1. The molecular weight excluding hydrogens is 349 g/mol. The lowest BCUT2D eigenvalue weighted by molar-refractivity contribution is 0.331. The predicted octanol–water partition coefficient (Wildman–Crippen LogP) is 2.74. The number of benzene rings is 1. The van der Waals surface area contributed by atoms with Gasteiger partial charge in [0.15, 0.2) is 5.96 Å². The summed E-state index contributed by atoms with van der Waals surface area (Å²) in [6, 6.07) is 6.64. The first-order valence-corrected chi connectivity index (χ1v) is 9.60. The van der Waals surface area contributed by atoms with Crippen molar-refractivity contribution in [1.29, 1.82) is 0 Å². The van der Waals surface area contributed by atoms with Gasteiger partial charge < -0.3 is 15.5 Å². The second-order valence-electron chi connectivity index (χ2n) is 6.29. The maximum absolute atomic E-state index is 12.9. The summed E-state index contributed by atoms with van der Waals surface area (Å²) in [4.78, 5) is 12.3. The summed E-state index contributed by atoms with van der Waals surface area (Å²) >= 11 is 1.76. The number of thiazole rings is 1. The number of aliphatic imine (C=N–C) groups is 1. The lowest BCUT2D eigenvalue weighted by Gasteiger charge is -2.18. The van der Waals surface area contributed by atoms with Crippen LogP contribution >= 0.6 is 11.3 Å². The second-order valence-corrected chi connectivity index (χ2v) is 7.58. The molecule has 0 saturated carbocycles. The smallest absolute Gasteiger partial charge is 0.191 e. The van der Waals surface area contributed by atoms with Gasteiger partial charge in [0, 0.05) is 44.5 Å². The fourth-order valence-electron chi connectivity index (χ4n) is 2.50. The van der Waals surface area contributed by atoms with Crippen LogP contribution in [0.25, 0.3) is 0 Å². The molecule has 0 radical (unpaired) electrons. The SMILES string of the molecule is CN=C(NCCc1nc(C)c(C)s1)NCCN(C)Cc1ccc(F)cc1. The summed E-state index contributed by atoms with van der Waals surface area (Å²) in [5.41, 5.74) is 2.22. The van der Waals surface area contributed by atoms with Crippen LogP contribution in [0, 0.1) is 19.7 Å². The number of aryl methyl sites for hydroxylation is 2. The Morgan fingerprint density at radius 1 is 1.19 bits per heavy atom. The quantitative estimate of drug-likeness (QED) is 0.549. The van der Waals surface area contributed by atoms with Gasteiger partial charge >= 0.3 is 0 Å². The molecule has 142 valence electrons. The highest BCUT2D eigenvalue weighted by Gasteiger charge is 2.05. The number of guanidine groups is 1. The highest BCUT2D eigenvalue weighted by atomic mass is 32.1. The van der Waals surface area contributed by atoms with E-state index in [1.807, 2.05) is 26.1 Å². The molecule has 2 N–H and O–H groups in total. The van der Waals surface area contributed by atoms with Crippen LogP contribution in [0.2, 0.25) is 0 Å². The predicted molar refractivity (Wildman–Crippen MR) is 107 cm³/mol. The van der Waals surface area contributed by atoms with Crippen LogP contribution in [0.3, 0.4) is 0 Å². The molecule has 0 saturated heterocycles. The van der Waals surface area contributed by atoms with Gasteiger partial charge in [-0.15, -0.1) is 11.3 Å². The first-order valence-electron chi connectivity index (χ1n) is 8.78. The Kier molecular flexibility index (Phi) is 8.00. The Bertz CT molecular complexity index is 692. The van der Waals surface area contributed by atoms with E-state index in [9.17, 15) is 4.39 Å². The molecule has 0 amide bonds. The maximum Gasteiger partial charge on any atom is 0.191 e. The molecule has 0 spiro atoms. The number of nitrogens with one attached hydrogen (secondary N) is 2. The molecule has 0 aliphatic carbocycles. The first-order chi connectivity index (χ1) is 12.5. The molecule has 1 aromatic heterocycles.